The van der Waals surface area contributed by atoms with Gasteiger partial charge in [0, 0.05) is 12.5 Å². The predicted molar refractivity (Wildman–Crippen MR) is 117 cm³/mol. The lowest BCUT2D eigenvalue weighted by atomic mass is 9.96. The summed E-state index contributed by atoms with van der Waals surface area (Å²) >= 11 is 6.01. The number of carboxylic acids is 1. The van der Waals surface area contributed by atoms with Gasteiger partial charge in [-0.05, 0) is 42.7 Å². The SMILES string of the molecule is O=C(NC1CCCCC1)Oc1ccc(C[C@H](NC(=O)c2ccccc2Cl)C(=O)O)cc1. The number of carbonyl (C=O) groups excluding carboxylic acids is 2. The number of nitrogens with one attached hydrogen (secondary N) is 2. The van der Waals surface area contributed by atoms with Crippen LogP contribution >= 0.6 is 11.6 Å². The van der Waals surface area contributed by atoms with Crippen molar-refractivity contribution in [1.29, 1.82) is 0 Å². The summed E-state index contributed by atoms with van der Waals surface area (Å²) in [5, 5.41) is 15.1. The third kappa shape index (κ3) is 6.72. The molecular weight excluding hydrogens is 420 g/mol. The lowest BCUT2D eigenvalue weighted by molar-refractivity contribution is -0.139. The smallest absolute Gasteiger partial charge is 0.412 e. The van der Waals surface area contributed by atoms with Gasteiger partial charge in [0.05, 0.1) is 10.6 Å². The summed E-state index contributed by atoms with van der Waals surface area (Å²) in [4.78, 5) is 36.1. The summed E-state index contributed by atoms with van der Waals surface area (Å²) in [6, 6.07) is 12.0. The van der Waals surface area contributed by atoms with Gasteiger partial charge in [0.25, 0.3) is 5.91 Å². The Balaban J connectivity index is 1.56. The molecule has 0 radical (unpaired) electrons. The third-order valence-electron chi connectivity index (χ3n) is 5.22. The second-order valence-electron chi connectivity index (χ2n) is 7.56. The van der Waals surface area contributed by atoms with E-state index in [1.807, 2.05) is 0 Å². The normalized spacial score (nSPS) is 15.0. The van der Waals surface area contributed by atoms with Gasteiger partial charge in [-0.2, -0.15) is 0 Å². The molecule has 2 aromatic rings. The molecule has 0 heterocycles. The fourth-order valence-corrected chi connectivity index (χ4v) is 3.78. The summed E-state index contributed by atoms with van der Waals surface area (Å²) in [6.45, 7) is 0. The van der Waals surface area contributed by atoms with Crippen LogP contribution in [0.1, 0.15) is 48.0 Å². The Labute approximate surface area is 185 Å². The maximum atomic E-state index is 12.4. The Kier molecular flexibility index (Phi) is 7.89. The van der Waals surface area contributed by atoms with Crippen LogP contribution in [0.25, 0.3) is 0 Å². The standard InChI is InChI=1S/C23H25ClN2O5/c24-19-9-5-4-8-18(19)21(27)26-20(22(28)29)14-15-10-12-17(13-11-15)31-23(30)25-16-6-2-1-3-7-16/h4-5,8-13,16,20H,1-3,6-7,14H2,(H,25,30)(H,26,27)(H,28,29)/t20-/m0/s1. The van der Waals surface area contributed by atoms with Crippen LogP contribution < -0.4 is 15.4 Å². The van der Waals surface area contributed by atoms with Crippen molar-refractivity contribution in [2.24, 2.45) is 0 Å². The van der Waals surface area contributed by atoms with Gasteiger partial charge in [0.1, 0.15) is 11.8 Å². The molecular formula is C23H25ClN2O5. The molecule has 8 heteroatoms. The first kappa shape index (κ1) is 22.6. The first-order valence-corrected chi connectivity index (χ1v) is 10.7. The van der Waals surface area contributed by atoms with E-state index in [-0.39, 0.29) is 23.0 Å². The molecule has 1 aliphatic carbocycles. The zero-order chi connectivity index (χ0) is 22.2. The minimum absolute atomic E-state index is 0.0695. The number of hydrogen-bond donors (Lipinski definition) is 3. The van der Waals surface area contributed by atoms with Crippen LogP contribution in [-0.4, -0.2) is 35.2 Å². The molecule has 1 fully saturated rings. The summed E-state index contributed by atoms with van der Waals surface area (Å²) in [6.07, 6.45) is 4.92. The van der Waals surface area contributed by atoms with Crippen molar-refractivity contribution in [1.82, 2.24) is 10.6 Å². The van der Waals surface area contributed by atoms with Crippen molar-refractivity contribution in [3.8, 4) is 5.75 Å². The van der Waals surface area contributed by atoms with Gasteiger partial charge in [0.2, 0.25) is 0 Å². The summed E-state index contributed by atoms with van der Waals surface area (Å²) in [5.41, 5.74) is 0.884. The molecule has 0 aliphatic heterocycles. The van der Waals surface area contributed by atoms with E-state index in [2.05, 4.69) is 10.6 Å². The Morgan fingerprint density at radius 1 is 1.03 bits per heavy atom. The first-order valence-electron chi connectivity index (χ1n) is 10.3. The highest BCUT2D eigenvalue weighted by Crippen LogP contribution is 2.19. The van der Waals surface area contributed by atoms with Crippen molar-refractivity contribution >= 4 is 29.6 Å². The molecule has 3 N–H and O–H groups in total. The average molecular weight is 445 g/mol. The van der Waals surface area contributed by atoms with Crippen LogP contribution in [0, 0.1) is 0 Å². The fraction of sp³-hybridized carbons (Fsp3) is 0.348. The lowest BCUT2D eigenvalue weighted by Gasteiger charge is -2.22. The van der Waals surface area contributed by atoms with E-state index in [1.54, 1.807) is 42.5 Å². The van der Waals surface area contributed by atoms with Crippen LogP contribution in [0.3, 0.4) is 0 Å². The first-order chi connectivity index (χ1) is 14.9. The van der Waals surface area contributed by atoms with Gasteiger partial charge < -0.3 is 20.5 Å². The highest BCUT2D eigenvalue weighted by Gasteiger charge is 2.22. The highest BCUT2D eigenvalue weighted by molar-refractivity contribution is 6.33. The summed E-state index contributed by atoms with van der Waals surface area (Å²) in [5.74, 6) is -1.35. The second-order valence-corrected chi connectivity index (χ2v) is 7.97. The topological polar surface area (TPSA) is 105 Å². The molecule has 0 bridgehead atoms. The van der Waals surface area contributed by atoms with E-state index in [4.69, 9.17) is 16.3 Å². The quantitative estimate of drug-likeness (QED) is 0.594. The van der Waals surface area contributed by atoms with Crippen molar-refractivity contribution < 1.29 is 24.2 Å². The van der Waals surface area contributed by atoms with Gasteiger partial charge >= 0.3 is 12.1 Å². The number of amides is 2. The van der Waals surface area contributed by atoms with E-state index in [1.165, 1.54) is 12.5 Å². The Bertz CT molecular complexity index is 926. The second kappa shape index (κ2) is 10.8. The van der Waals surface area contributed by atoms with Gasteiger partial charge in [-0.25, -0.2) is 9.59 Å². The van der Waals surface area contributed by atoms with Gasteiger partial charge in [-0.3, -0.25) is 4.79 Å². The van der Waals surface area contributed by atoms with Crippen LogP contribution in [-0.2, 0) is 11.2 Å². The van der Waals surface area contributed by atoms with E-state index in [0.29, 0.717) is 11.3 Å². The molecule has 1 saturated carbocycles. The fourth-order valence-electron chi connectivity index (χ4n) is 3.56. The molecule has 7 nitrogen and oxygen atoms in total. The Morgan fingerprint density at radius 2 is 1.71 bits per heavy atom. The maximum Gasteiger partial charge on any atom is 0.412 e. The van der Waals surface area contributed by atoms with Gasteiger partial charge in [-0.15, -0.1) is 0 Å². The zero-order valence-electron chi connectivity index (χ0n) is 17.0. The molecule has 0 aromatic heterocycles. The Morgan fingerprint density at radius 3 is 2.35 bits per heavy atom. The lowest BCUT2D eigenvalue weighted by Crippen LogP contribution is -2.42. The van der Waals surface area contributed by atoms with E-state index >= 15 is 0 Å². The van der Waals surface area contributed by atoms with E-state index < -0.39 is 24.0 Å². The molecule has 3 rings (SSSR count). The number of ether oxygens (including phenoxy) is 1. The number of carbonyl (C=O) groups is 3. The predicted octanol–water partition coefficient (Wildman–Crippen LogP) is 4.19. The zero-order valence-corrected chi connectivity index (χ0v) is 17.7. The molecule has 0 unspecified atom stereocenters. The molecule has 2 aromatic carbocycles. The molecule has 1 aliphatic rings. The molecule has 1 atom stereocenters. The highest BCUT2D eigenvalue weighted by atomic mass is 35.5. The van der Waals surface area contributed by atoms with Crippen molar-refractivity contribution in [2.75, 3.05) is 0 Å². The average Bonchev–Trinajstić information content (AvgIpc) is 2.75. The van der Waals surface area contributed by atoms with E-state index in [0.717, 1.165) is 25.7 Å². The van der Waals surface area contributed by atoms with Crippen LogP contribution in [0.2, 0.25) is 5.02 Å². The maximum absolute atomic E-state index is 12.4. The number of carboxylic acid groups (broad SMARTS) is 1. The number of halogens is 1. The van der Waals surface area contributed by atoms with Crippen molar-refractivity contribution in [3.05, 3.63) is 64.7 Å². The molecule has 0 saturated heterocycles. The van der Waals surface area contributed by atoms with Crippen LogP contribution in [0.15, 0.2) is 48.5 Å². The minimum atomic E-state index is -1.16. The summed E-state index contributed by atoms with van der Waals surface area (Å²) < 4.78 is 5.31. The van der Waals surface area contributed by atoms with Crippen LogP contribution in [0.5, 0.6) is 5.75 Å². The Hall–Kier alpha value is -3.06. The largest absolute Gasteiger partial charge is 0.480 e. The van der Waals surface area contributed by atoms with Crippen molar-refractivity contribution in [2.45, 2.75) is 50.6 Å². The van der Waals surface area contributed by atoms with Gasteiger partial charge in [0.15, 0.2) is 0 Å². The van der Waals surface area contributed by atoms with Crippen LogP contribution in [0.4, 0.5) is 4.79 Å². The third-order valence-corrected chi connectivity index (χ3v) is 5.55. The number of aliphatic carboxylic acids is 1. The molecule has 2 amide bonds. The minimum Gasteiger partial charge on any atom is -0.480 e. The number of rotatable bonds is 7. The monoisotopic (exact) mass is 444 g/mol. The van der Waals surface area contributed by atoms with E-state index in [9.17, 15) is 19.5 Å². The van der Waals surface area contributed by atoms with Crippen molar-refractivity contribution in [3.63, 3.8) is 0 Å². The summed E-state index contributed by atoms with van der Waals surface area (Å²) in [7, 11) is 0. The number of benzene rings is 2. The molecule has 0 spiro atoms. The molecule has 31 heavy (non-hydrogen) atoms. The van der Waals surface area contributed by atoms with Gasteiger partial charge in [-0.1, -0.05) is 55.1 Å². The number of hydrogen-bond acceptors (Lipinski definition) is 4. The molecule has 164 valence electrons.